The maximum Gasteiger partial charge on any atom is 0.228 e. The topological polar surface area (TPSA) is 63.9 Å². The van der Waals surface area contributed by atoms with E-state index in [1.165, 1.54) is 11.0 Å². The molecule has 0 saturated carbocycles. The monoisotopic (exact) mass is 263 g/mol. The molecule has 1 aromatic carbocycles. The summed E-state index contributed by atoms with van der Waals surface area (Å²) in [5.74, 6) is 0.0236. The smallest absolute Gasteiger partial charge is 0.228 e. The molecular weight excluding hydrogens is 254 g/mol. The molecular formula is C11H10ClN5O. The number of benzene rings is 1. The molecule has 1 aliphatic heterocycles. The third kappa shape index (κ3) is 1.84. The van der Waals surface area contributed by atoms with Gasteiger partial charge in [-0.2, -0.15) is 4.68 Å². The largest absolute Gasteiger partial charge is 0.309 e. The maximum atomic E-state index is 11.9. The van der Waals surface area contributed by atoms with Crippen molar-refractivity contribution in [2.75, 3.05) is 11.4 Å². The zero-order valence-electron chi connectivity index (χ0n) is 9.40. The number of hydrogen-bond acceptors (Lipinski definition) is 4. The van der Waals surface area contributed by atoms with Crippen LogP contribution in [0.15, 0.2) is 30.6 Å². The molecule has 7 heteroatoms. The SMILES string of the molecule is O=C1CC(Cl)CN1c1ccccc1-n1cnnn1. The van der Waals surface area contributed by atoms with E-state index in [9.17, 15) is 4.79 Å². The Hall–Kier alpha value is -1.95. The Kier molecular flexibility index (Phi) is 2.71. The lowest BCUT2D eigenvalue weighted by molar-refractivity contribution is -0.117. The third-order valence-electron chi connectivity index (χ3n) is 2.85. The fraction of sp³-hybridized carbons (Fsp3) is 0.273. The van der Waals surface area contributed by atoms with Crippen LogP contribution in [0.5, 0.6) is 0 Å². The van der Waals surface area contributed by atoms with Gasteiger partial charge in [0.05, 0.1) is 16.8 Å². The number of nitrogens with zero attached hydrogens (tertiary/aromatic N) is 5. The number of rotatable bonds is 2. The summed E-state index contributed by atoms with van der Waals surface area (Å²) in [6.07, 6.45) is 1.86. The number of aromatic nitrogens is 4. The van der Waals surface area contributed by atoms with Gasteiger partial charge in [0.1, 0.15) is 6.33 Å². The van der Waals surface area contributed by atoms with Crippen molar-refractivity contribution in [1.82, 2.24) is 20.2 Å². The number of halogens is 1. The molecule has 2 aromatic rings. The Morgan fingerprint density at radius 3 is 2.67 bits per heavy atom. The van der Waals surface area contributed by atoms with E-state index in [-0.39, 0.29) is 11.3 Å². The van der Waals surface area contributed by atoms with Gasteiger partial charge in [0.15, 0.2) is 0 Å². The summed E-state index contributed by atoms with van der Waals surface area (Å²) in [6.45, 7) is 0.513. The number of tetrazole rings is 1. The zero-order valence-corrected chi connectivity index (χ0v) is 10.2. The van der Waals surface area contributed by atoms with Gasteiger partial charge < -0.3 is 4.90 Å². The Bertz CT molecular complexity index is 571. The predicted octanol–water partition coefficient (Wildman–Crippen LogP) is 1.01. The Morgan fingerprint density at radius 1 is 1.28 bits per heavy atom. The van der Waals surface area contributed by atoms with Crippen LogP contribution in [0, 0.1) is 0 Å². The first-order valence-corrected chi connectivity index (χ1v) is 5.96. The summed E-state index contributed by atoms with van der Waals surface area (Å²) in [6, 6.07) is 7.47. The lowest BCUT2D eigenvalue weighted by atomic mass is 10.2. The van der Waals surface area contributed by atoms with Crippen LogP contribution < -0.4 is 4.90 Å². The van der Waals surface area contributed by atoms with E-state index in [0.717, 1.165) is 11.4 Å². The minimum atomic E-state index is -0.139. The second-order valence-corrected chi connectivity index (χ2v) is 4.67. The highest BCUT2D eigenvalue weighted by Gasteiger charge is 2.30. The first-order valence-electron chi connectivity index (χ1n) is 5.52. The number of anilines is 1. The molecule has 0 bridgehead atoms. The molecule has 1 fully saturated rings. The van der Waals surface area contributed by atoms with Crippen molar-refractivity contribution in [3.05, 3.63) is 30.6 Å². The molecule has 1 aliphatic rings. The van der Waals surface area contributed by atoms with Gasteiger partial charge in [-0.25, -0.2) is 0 Å². The van der Waals surface area contributed by atoms with Crippen molar-refractivity contribution in [3.63, 3.8) is 0 Å². The number of alkyl halides is 1. The normalized spacial score (nSPS) is 19.5. The van der Waals surface area contributed by atoms with E-state index in [4.69, 9.17) is 11.6 Å². The molecule has 18 heavy (non-hydrogen) atoms. The van der Waals surface area contributed by atoms with Crippen molar-refractivity contribution >= 4 is 23.2 Å². The van der Waals surface area contributed by atoms with Crippen LogP contribution in [0.25, 0.3) is 5.69 Å². The van der Waals surface area contributed by atoms with Gasteiger partial charge in [-0.3, -0.25) is 4.79 Å². The summed E-state index contributed by atoms with van der Waals surface area (Å²) in [5.41, 5.74) is 1.54. The molecule has 0 aliphatic carbocycles. The van der Waals surface area contributed by atoms with E-state index in [1.807, 2.05) is 24.3 Å². The van der Waals surface area contributed by atoms with Crippen LogP contribution in [0.1, 0.15) is 6.42 Å². The highest BCUT2D eigenvalue weighted by Crippen LogP contribution is 2.29. The van der Waals surface area contributed by atoms with Crippen LogP contribution in [0.4, 0.5) is 5.69 Å². The van der Waals surface area contributed by atoms with Crippen LogP contribution in [-0.2, 0) is 4.79 Å². The van der Waals surface area contributed by atoms with Crippen molar-refractivity contribution < 1.29 is 4.79 Å². The predicted molar refractivity (Wildman–Crippen MR) is 65.8 cm³/mol. The van der Waals surface area contributed by atoms with Crippen molar-refractivity contribution in [2.45, 2.75) is 11.8 Å². The van der Waals surface area contributed by atoms with Gasteiger partial charge in [0, 0.05) is 13.0 Å². The lowest BCUT2D eigenvalue weighted by Crippen LogP contribution is -2.26. The number of amides is 1. The lowest BCUT2D eigenvalue weighted by Gasteiger charge is -2.19. The molecule has 2 heterocycles. The summed E-state index contributed by atoms with van der Waals surface area (Å²) in [7, 11) is 0. The first-order chi connectivity index (χ1) is 8.75. The molecule has 3 rings (SSSR count). The van der Waals surface area contributed by atoms with Gasteiger partial charge in [-0.1, -0.05) is 12.1 Å². The van der Waals surface area contributed by atoms with Gasteiger partial charge >= 0.3 is 0 Å². The fourth-order valence-electron chi connectivity index (χ4n) is 2.05. The summed E-state index contributed by atoms with van der Waals surface area (Å²) >= 11 is 6.02. The Labute approximate surface area is 108 Å². The van der Waals surface area contributed by atoms with Crippen LogP contribution in [0.3, 0.4) is 0 Å². The number of hydrogen-bond donors (Lipinski definition) is 0. The van der Waals surface area contributed by atoms with Gasteiger partial charge in [0.25, 0.3) is 0 Å². The van der Waals surface area contributed by atoms with Crippen LogP contribution in [-0.4, -0.2) is 38.0 Å². The molecule has 0 radical (unpaired) electrons. The van der Waals surface area contributed by atoms with Crippen LogP contribution >= 0.6 is 11.6 Å². The minimum absolute atomic E-state index is 0.0236. The number of para-hydroxylation sites is 2. The Morgan fingerprint density at radius 2 is 2.06 bits per heavy atom. The zero-order chi connectivity index (χ0) is 12.5. The highest BCUT2D eigenvalue weighted by atomic mass is 35.5. The maximum absolute atomic E-state index is 11.9. The molecule has 1 atom stereocenters. The molecule has 1 amide bonds. The molecule has 1 unspecified atom stereocenters. The second kappa shape index (κ2) is 4.38. The quantitative estimate of drug-likeness (QED) is 0.759. The van der Waals surface area contributed by atoms with Crippen molar-refractivity contribution in [1.29, 1.82) is 0 Å². The average molecular weight is 264 g/mol. The Balaban J connectivity index is 2.05. The summed E-state index contributed by atoms with van der Waals surface area (Å²) in [4.78, 5) is 13.6. The summed E-state index contributed by atoms with van der Waals surface area (Å²) in [5, 5.41) is 10.9. The molecule has 1 aromatic heterocycles. The third-order valence-corrected chi connectivity index (χ3v) is 3.14. The highest BCUT2D eigenvalue weighted by molar-refractivity contribution is 6.24. The second-order valence-electron chi connectivity index (χ2n) is 4.05. The van der Waals surface area contributed by atoms with E-state index >= 15 is 0 Å². The van der Waals surface area contributed by atoms with Crippen molar-refractivity contribution in [2.24, 2.45) is 0 Å². The molecule has 6 nitrogen and oxygen atoms in total. The molecule has 0 N–H and O–H groups in total. The van der Waals surface area contributed by atoms with Gasteiger partial charge in [-0.15, -0.1) is 16.7 Å². The number of carbonyl (C=O) groups is 1. The first kappa shape index (κ1) is 11.2. The standard InChI is InChI=1S/C11H10ClN5O/c12-8-5-11(18)16(6-8)9-3-1-2-4-10(9)17-7-13-14-15-17/h1-4,7-8H,5-6H2. The summed E-state index contributed by atoms with van der Waals surface area (Å²) < 4.78 is 1.53. The van der Waals surface area contributed by atoms with Crippen LogP contribution in [0.2, 0.25) is 0 Å². The molecule has 92 valence electrons. The van der Waals surface area contributed by atoms with Gasteiger partial charge in [-0.05, 0) is 22.6 Å². The fourth-order valence-corrected chi connectivity index (χ4v) is 2.32. The number of carbonyl (C=O) groups excluding carboxylic acids is 1. The minimum Gasteiger partial charge on any atom is -0.309 e. The van der Waals surface area contributed by atoms with E-state index in [0.29, 0.717) is 13.0 Å². The molecule has 1 saturated heterocycles. The van der Waals surface area contributed by atoms with Gasteiger partial charge in [0.2, 0.25) is 5.91 Å². The average Bonchev–Trinajstić information content (AvgIpc) is 2.99. The van der Waals surface area contributed by atoms with Crippen molar-refractivity contribution in [3.8, 4) is 5.69 Å². The molecule has 0 spiro atoms. The van der Waals surface area contributed by atoms with E-state index in [2.05, 4.69) is 15.5 Å². The van der Waals surface area contributed by atoms with E-state index < -0.39 is 0 Å². The van der Waals surface area contributed by atoms with E-state index in [1.54, 1.807) is 4.90 Å².